The molecule has 0 atom stereocenters. The van der Waals surface area contributed by atoms with Gasteiger partial charge in [-0.3, -0.25) is 0 Å². The van der Waals surface area contributed by atoms with Crippen molar-refractivity contribution in [3.8, 4) is 5.75 Å². The fourth-order valence-corrected chi connectivity index (χ4v) is 4.90. The quantitative estimate of drug-likeness (QED) is 0.175. The first-order chi connectivity index (χ1) is 18.3. The van der Waals surface area contributed by atoms with Gasteiger partial charge in [-0.05, 0) is 87.3 Å². The standard InChI is InChI=1S/C35H27NO/c1-37-32-23-21-31(22-24-32)36(29-10-3-2-4-11-29)30-19-16-26(17-20-30)15-18-28-25-27-9-5-6-12-33(27)35-14-8-7-13-34(28)35/h2-25H,1H3. The Bertz CT molecular complexity index is 1680. The van der Waals surface area contributed by atoms with E-state index in [1.807, 2.05) is 18.2 Å². The molecule has 0 aliphatic rings. The van der Waals surface area contributed by atoms with Crippen LogP contribution in [0.1, 0.15) is 11.1 Å². The molecule has 0 fully saturated rings. The highest BCUT2D eigenvalue weighted by atomic mass is 16.5. The van der Waals surface area contributed by atoms with E-state index in [0.717, 1.165) is 28.4 Å². The van der Waals surface area contributed by atoms with Crippen LogP contribution < -0.4 is 9.64 Å². The molecule has 0 saturated heterocycles. The van der Waals surface area contributed by atoms with E-state index in [1.54, 1.807) is 7.11 Å². The predicted molar refractivity (Wildman–Crippen MR) is 158 cm³/mol. The monoisotopic (exact) mass is 477 g/mol. The van der Waals surface area contributed by atoms with Crippen molar-refractivity contribution < 1.29 is 4.74 Å². The maximum Gasteiger partial charge on any atom is 0.119 e. The summed E-state index contributed by atoms with van der Waals surface area (Å²) in [5.41, 5.74) is 5.67. The first-order valence-corrected chi connectivity index (χ1v) is 12.5. The lowest BCUT2D eigenvalue weighted by Crippen LogP contribution is -2.09. The Morgan fingerprint density at radius 2 is 1.08 bits per heavy atom. The second kappa shape index (κ2) is 10.0. The molecule has 178 valence electrons. The maximum atomic E-state index is 5.36. The van der Waals surface area contributed by atoms with Gasteiger partial charge in [-0.1, -0.05) is 91.0 Å². The normalized spacial score (nSPS) is 11.3. The molecule has 0 radical (unpaired) electrons. The van der Waals surface area contributed by atoms with Gasteiger partial charge >= 0.3 is 0 Å². The number of benzene rings is 6. The summed E-state index contributed by atoms with van der Waals surface area (Å²) in [6, 6.07) is 46.8. The van der Waals surface area contributed by atoms with Gasteiger partial charge in [0.2, 0.25) is 0 Å². The number of methoxy groups -OCH3 is 1. The van der Waals surface area contributed by atoms with Crippen LogP contribution in [-0.2, 0) is 0 Å². The number of fused-ring (bicyclic) bond motifs is 3. The van der Waals surface area contributed by atoms with Gasteiger partial charge in [-0.2, -0.15) is 0 Å². The molecule has 0 heterocycles. The fraction of sp³-hybridized carbons (Fsp3) is 0.0286. The van der Waals surface area contributed by atoms with Gasteiger partial charge in [0.05, 0.1) is 7.11 Å². The zero-order chi connectivity index (χ0) is 25.0. The van der Waals surface area contributed by atoms with Crippen LogP contribution in [-0.4, -0.2) is 7.11 Å². The van der Waals surface area contributed by atoms with E-state index in [0.29, 0.717) is 0 Å². The Labute approximate surface area is 217 Å². The van der Waals surface area contributed by atoms with Crippen molar-refractivity contribution in [2.45, 2.75) is 0 Å². The highest BCUT2D eigenvalue weighted by Gasteiger charge is 2.12. The molecule has 6 rings (SSSR count). The van der Waals surface area contributed by atoms with Crippen molar-refractivity contribution >= 4 is 50.8 Å². The number of anilines is 3. The third-order valence-electron chi connectivity index (χ3n) is 6.75. The van der Waals surface area contributed by atoms with E-state index in [9.17, 15) is 0 Å². The summed E-state index contributed by atoms with van der Waals surface area (Å²) in [6.45, 7) is 0. The number of para-hydroxylation sites is 1. The summed E-state index contributed by atoms with van der Waals surface area (Å²) >= 11 is 0. The van der Waals surface area contributed by atoms with Crippen LogP contribution in [0.15, 0.2) is 133 Å². The van der Waals surface area contributed by atoms with E-state index >= 15 is 0 Å². The van der Waals surface area contributed by atoms with Crippen molar-refractivity contribution in [2.24, 2.45) is 0 Å². The zero-order valence-electron chi connectivity index (χ0n) is 20.7. The summed E-state index contributed by atoms with van der Waals surface area (Å²) in [7, 11) is 1.69. The topological polar surface area (TPSA) is 12.5 Å². The van der Waals surface area contributed by atoms with Gasteiger partial charge < -0.3 is 9.64 Å². The lowest BCUT2D eigenvalue weighted by Gasteiger charge is -2.25. The maximum absolute atomic E-state index is 5.36. The molecule has 0 N–H and O–H groups in total. The molecular formula is C35H27NO. The van der Waals surface area contributed by atoms with Crippen LogP contribution in [0.5, 0.6) is 5.75 Å². The SMILES string of the molecule is COc1ccc(N(c2ccccc2)c2ccc(C=Cc3cc4ccccc4c4ccccc34)cc2)cc1. The molecule has 0 aliphatic carbocycles. The molecule has 0 bridgehead atoms. The second-order valence-electron chi connectivity index (χ2n) is 9.03. The molecule has 6 aromatic rings. The number of hydrogen-bond acceptors (Lipinski definition) is 2. The van der Waals surface area contributed by atoms with Crippen molar-refractivity contribution in [2.75, 3.05) is 12.0 Å². The zero-order valence-corrected chi connectivity index (χ0v) is 20.7. The Hall–Kier alpha value is -4.82. The number of hydrogen-bond donors (Lipinski definition) is 0. The average Bonchev–Trinajstić information content (AvgIpc) is 2.98. The largest absolute Gasteiger partial charge is 0.497 e. The van der Waals surface area contributed by atoms with Crippen LogP contribution in [0.4, 0.5) is 17.1 Å². The van der Waals surface area contributed by atoms with Crippen LogP contribution in [0.2, 0.25) is 0 Å². The number of nitrogens with zero attached hydrogens (tertiary/aromatic N) is 1. The first kappa shape index (κ1) is 22.6. The molecule has 0 aromatic heterocycles. The molecule has 0 amide bonds. The second-order valence-corrected chi connectivity index (χ2v) is 9.03. The molecule has 37 heavy (non-hydrogen) atoms. The third-order valence-corrected chi connectivity index (χ3v) is 6.75. The average molecular weight is 478 g/mol. The molecule has 2 nitrogen and oxygen atoms in total. The van der Waals surface area contributed by atoms with Crippen LogP contribution in [0.3, 0.4) is 0 Å². The summed E-state index contributed by atoms with van der Waals surface area (Å²) in [5.74, 6) is 0.846. The van der Waals surface area contributed by atoms with Crippen LogP contribution in [0, 0.1) is 0 Å². The third kappa shape index (κ3) is 4.57. The van der Waals surface area contributed by atoms with Crippen molar-refractivity contribution in [1.29, 1.82) is 0 Å². The number of rotatable bonds is 6. The lowest BCUT2D eigenvalue weighted by atomic mass is 9.96. The predicted octanol–water partition coefficient (Wildman–Crippen LogP) is 9.64. The van der Waals surface area contributed by atoms with Gasteiger partial charge in [0, 0.05) is 17.1 Å². The Kier molecular flexibility index (Phi) is 6.14. The molecule has 0 spiro atoms. The van der Waals surface area contributed by atoms with E-state index in [1.165, 1.54) is 27.1 Å². The molecule has 0 unspecified atom stereocenters. The highest BCUT2D eigenvalue weighted by molar-refractivity contribution is 6.11. The summed E-state index contributed by atoms with van der Waals surface area (Å²) in [5, 5.41) is 5.10. The van der Waals surface area contributed by atoms with E-state index in [2.05, 4.69) is 132 Å². The summed E-state index contributed by atoms with van der Waals surface area (Å²) < 4.78 is 5.36. The highest BCUT2D eigenvalue weighted by Crippen LogP contribution is 2.35. The van der Waals surface area contributed by atoms with Crippen molar-refractivity contribution in [3.63, 3.8) is 0 Å². The number of ether oxygens (including phenoxy) is 1. The van der Waals surface area contributed by atoms with Gasteiger partial charge in [0.1, 0.15) is 5.75 Å². The molecule has 2 heteroatoms. The summed E-state index contributed by atoms with van der Waals surface area (Å²) in [6.07, 6.45) is 4.42. The molecule has 0 aliphatic heterocycles. The van der Waals surface area contributed by atoms with Crippen LogP contribution in [0.25, 0.3) is 33.7 Å². The van der Waals surface area contributed by atoms with Gasteiger partial charge in [-0.25, -0.2) is 0 Å². The van der Waals surface area contributed by atoms with E-state index in [4.69, 9.17) is 4.74 Å². The smallest absolute Gasteiger partial charge is 0.119 e. The lowest BCUT2D eigenvalue weighted by molar-refractivity contribution is 0.415. The van der Waals surface area contributed by atoms with Gasteiger partial charge in [-0.15, -0.1) is 0 Å². The fourth-order valence-electron chi connectivity index (χ4n) is 4.90. The van der Waals surface area contributed by atoms with Crippen molar-refractivity contribution in [1.82, 2.24) is 0 Å². The molecule has 6 aromatic carbocycles. The van der Waals surface area contributed by atoms with Crippen LogP contribution >= 0.6 is 0 Å². The Morgan fingerprint density at radius 1 is 0.514 bits per heavy atom. The molecular weight excluding hydrogens is 450 g/mol. The minimum atomic E-state index is 0.846. The van der Waals surface area contributed by atoms with Crippen molar-refractivity contribution in [3.05, 3.63) is 145 Å². The first-order valence-electron chi connectivity index (χ1n) is 12.5. The van der Waals surface area contributed by atoms with Gasteiger partial charge in [0.15, 0.2) is 0 Å². The van der Waals surface area contributed by atoms with E-state index < -0.39 is 0 Å². The minimum Gasteiger partial charge on any atom is -0.497 e. The molecule has 0 saturated carbocycles. The van der Waals surface area contributed by atoms with E-state index in [-0.39, 0.29) is 0 Å². The Morgan fingerprint density at radius 3 is 1.78 bits per heavy atom. The Balaban J connectivity index is 1.35. The van der Waals surface area contributed by atoms with Gasteiger partial charge in [0.25, 0.3) is 0 Å². The minimum absolute atomic E-state index is 0.846. The summed E-state index contributed by atoms with van der Waals surface area (Å²) in [4.78, 5) is 2.25.